The summed E-state index contributed by atoms with van der Waals surface area (Å²) in [5.74, 6) is 1.06. The summed E-state index contributed by atoms with van der Waals surface area (Å²) in [7, 11) is 0. The van der Waals surface area contributed by atoms with Gasteiger partial charge in [-0.1, -0.05) is 6.07 Å². The molecular formula is C13H22ClN3O. The lowest BCUT2D eigenvalue weighted by atomic mass is 10.1. The number of aliphatic hydroxyl groups is 1. The van der Waals surface area contributed by atoms with Gasteiger partial charge in [0.1, 0.15) is 5.82 Å². The van der Waals surface area contributed by atoms with Crippen LogP contribution in [0.2, 0.25) is 0 Å². The standard InChI is InChI=1S/C13H21N3O.ClH/c14-12(10-17)8-11-4-5-13(15-9-11)16-6-2-1-3-7-16;/h4-5,9,12,17H,1-3,6-8,10,14H2;1H. The van der Waals surface area contributed by atoms with Gasteiger partial charge in [0.25, 0.3) is 0 Å². The van der Waals surface area contributed by atoms with Crippen molar-refractivity contribution in [3.05, 3.63) is 23.9 Å². The van der Waals surface area contributed by atoms with E-state index < -0.39 is 0 Å². The largest absolute Gasteiger partial charge is 0.395 e. The number of nitrogens with two attached hydrogens (primary N) is 1. The molecule has 2 rings (SSSR count). The van der Waals surface area contributed by atoms with Gasteiger partial charge in [0, 0.05) is 25.3 Å². The maximum atomic E-state index is 8.90. The van der Waals surface area contributed by atoms with Gasteiger partial charge < -0.3 is 15.7 Å². The number of anilines is 1. The molecule has 0 aromatic carbocycles. The lowest BCUT2D eigenvalue weighted by Gasteiger charge is -2.27. The summed E-state index contributed by atoms with van der Waals surface area (Å²) in [5, 5.41) is 8.90. The van der Waals surface area contributed by atoms with E-state index in [0.29, 0.717) is 6.42 Å². The Hall–Kier alpha value is -0.840. The molecule has 0 aliphatic carbocycles. The zero-order valence-corrected chi connectivity index (χ0v) is 11.4. The number of rotatable bonds is 4. The molecule has 1 aromatic rings. The average molecular weight is 272 g/mol. The van der Waals surface area contributed by atoms with E-state index in [1.807, 2.05) is 6.20 Å². The van der Waals surface area contributed by atoms with Crippen molar-refractivity contribution in [1.29, 1.82) is 0 Å². The molecule has 102 valence electrons. The highest BCUT2D eigenvalue weighted by atomic mass is 35.5. The fourth-order valence-corrected chi connectivity index (χ4v) is 2.21. The monoisotopic (exact) mass is 271 g/mol. The molecule has 2 heterocycles. The maximum absolute atomic E-state index is 8.90. The molecule has 0 amide bonds. The van der Waals surface area contributed by atoms with E-state index in [-0.39, 0.29) is 25.1 Å². The predicted molar refractivity (Wildman–Crippen MR) is 76.3 cm³/mol. The van der Waals surface area contributed by atoms with Crippen LogP contribution >= 0.6 is 12.4 Å². The molecule has 0 spiro atoms. The van der Waals surface area contributed by atoms with Crippen LogP contribution in [0, 0.1) is 0 Å². The lowest BCUT2D eigenvalue weighted by Crippen LogP contribution is -2.30. The zero-order valence-electron chi connectivity index (χ0n) is 10.6. The van der Waals surface area contributed by atoms with Gasteiger partial charge in [-0.15, -0.1) is 12.4 Å². The summed E-state index contributed by atoms with van der Waals surface area (Å²) >= 11 is 0. The van der Waals surface area contributed by atoms with E-state index in [9.17, 15) is 0 Å². The van der Waals surface area contributed by atoms with Crippen LogP contribution in [0.5, 0.6) is 0 Å². The minimum atomic E-state index is -0.183. The fraction of sp³-hybridized carbons (Fsp3) is 0.615. The smallest absolute Gasteiger partial charge is 0.128 e. The van der Waals surface area contributed by atoms with E-state index >= 15 is 0 Å². The number of pyridine rings is 1. The van der Waals surface area contributed by atoms with E-state index in [4.69, 9.17) is 10.8 Å². The first-order valence-electron chi connectivity index (χ1n) is 6.36. The third-order valence-electron chi connectivity index (χ3n) is 3.22. The van der Waals surface area contributed by atoms with Crippen molar-refractivity contribution < 1.29 is 5.11 Å². The number of aliphatic hydroxyl groups excluding tert-OH is 1. The Labute approximate surface area is 115 Å². The van der Waals surface area contributed by atoms with Crippen LogP contribution in [0.3, 0.4) is 0 Å². The Bertz CT molecular complexity index is 339. The summed E-state index contributed by atoms with van der Waals surface area (Å²) in [6.07, 6.45) is 6.42. The minimum absolute atomic E-state index is 0. The predicted octanol–water partition coefficient (Wildman–Crippen LogP) is 1.36. The number of piperidine rings is 1. The van der Waals surface area contributed by atoms with Gasteiger partial charge in [-0.3, -0.25) is 0 Å². The second kappa shape index (κ2) is 7.56. The molecule has 0 saturated carbocycles. The van der Waals surface area contributed by atoms with Crippen LogP contribution in [0.25, 0.3) is 0 Å². The number of aromatic nitrogens is 1. The Morgan fingerprint density at radius 3 is 2.56 bits per heavy atom. The van der Waals surface area contributed by atoms with Crippen LogP contribution in [0.15, 0.2) is 18.3 Å². The molecule has 1 aliphatic heterocycles. The quantitative estimate of drug-likeness (QED) is 0.868. The van der Waals surface area contributed by atoms with Crippen LogP contribution < -0.4 is 10.6 Å². The van der Waals surface area contributed by atoms with Gasteiger partial charge in [-0.25, -0.2) is 4.98 Å². The Kier molecular flexibility index (Phi) is 6.39. The van der Waals surface area contributed by atoms with Gasteiger partial charge in [0.05, 0.1) is 6.61 Å². The molecule has 1 aromatic heterocycles. The summed E-state index contributed by atoms with van der Waals surface area (Å²) in [6.45, 7) is 2.25. The van der Waals surface area contributed by atoms with Crippen LogP contribution in [0.4, 0.5) is 5.82 Å². The van der Waals surface area contributed by atoms with Crippen LogP contribution in [-0.2, 0) is 6.42 Å². The first-order valence-corrected chi connectivity index (χ1v) is 6.36. The number of hydrogen-bond acceptors (Lipinski definition) is 4. The number of hydrogen-bond donors (Lipinski definition) is 2. The highest BCUT2D eigenvalue weighted by Crippen LogP contribution is 2.17. The fourth-order valence-electron chi connectivity index (χ4n) is 2.21. The molecule has 5 heteroatoms. The van der Waals surface area contributed by atoms with Crippen molar-refractivity contribution in [2.75, 3.05) is 24.6 Å². The third-order valence-corrected chi connectivity index (χ3v) is 3.22. The molecule has 0 radical (unpaired) electrons. The maximum Gasteiger partial charge on any atom is 0.128 e. The van der Waals surface area contributed by atoms with Gasteiger partial charge >= 0.3 is 0 Å². The van der Waals surface area contributed by atoms with Crippen molar-refractivity contribution >= 4 is 18.2 Å². The summed E-state index contributed by atoms with van der Waals surface area (Å²) in [6, 6.07) is 3.94. The van der Waals surface area contributed by atoms with E-state index in [2.05, 4.69) is 22.0 Å². The minimum Gasteiger partial charge on any atom is -0.395 e. The number of halogens is 1. The lowest BCUT2D eigenvalue weighted by molar-refractivity contribution is 0.265. The first kappa shape index (κ1) is 15.2. The van der Waals surface area contributed by atoms with Crippen molar-refractivity contribution in [1.82, 2.24) is 4.98 Å². The van der Waals surface area contributed by atoms with Crippen molar-refractivity contribution in [3.63, 3.8) is 0 Å². The van der Waals surface area contributed by atoms with Gasteiger partial charge in [-0.2, -0.15) is 0 Å². The van der Waals surface area contributed by atoms with Crippen LogP contribution in [-0.4, -0.2) is 35.8 Å². The molecule has 1 atom stereocenters. The van der Waals surface area contributed by atoms with E-state index in [1.54, 1.807) is 0 Å². The van der Waals surface area contributed by atoms with E-state index in [1.165, 1.54) is 19.3 Å². The molecule has 1 aliphatic rings. The highest BCUT2D eigenvalue weighted by Gasteiger charge is 2.11. The molecule has 1 unspecified atom stereocenters. The molecule has 18 heavy (non-hydrogen) atoms. The Morgan fingerprint density at radius 2 is 2.00 bits per heavy atom. The summed E-state index contributed by atoms with van der Waals surface area (Å²) < 4.78 is 0. The second-order valence-corrected chi connectivity index (χ2v) is 4.72. The molecule has 3 N–H and O–H groups in total. The normalized spacial score (nSPS) is 17.1. The SMILES string of the molecule is Cl.NC(CO)Cc1ccc(N2CCCCC2)nc1. The van der Waals surface area contributed by atoms with E-state index in [0.717, 1.165) is 24.5 Å². The molecule has 1 fully saturated rings. The first-order chi connectivity index (χ1) is 8.29. The topological polar surface area (TPSA) is 62.4 Å². The third kappa shape index (κ3) is 4.12. The molecule has 4 nitrogen and oxygen atoms in total. The van der Waals surface area contributed by atoms with Crippen LogP contribution in [0.1, 0.15) is 24.8 Å². The highest BCUT2D eigenvalue weighted by molar-refractivity contribution is 5.85. The molecule has 1 saturated heterocycles. The average Bonchev–Trinajstić information content (AvgIpc) is 2.40. The van der Waals surface area contributed by atoms with Gasteiger partial charge in [-0.05, 0) is 37.3 Å². The van der Waals surface area contributed by atoms with Crippen molar-refractivity contribution in [3.8, 4) is 0 Å². The Balaban J connectivity index is 0.00000162. The van der Waals surface area contributed by atoms with Gasteiger partial charge in [0.15, 0.2) is 0 Å². The second-order valence-electron chi connectivity index (χ2n) is 4.72. The Morgan fingerprint density at radius 1 is 1.28 bits per heavy atom. The summed E-state index contributed by atoms with van der Waals surface area (Å²) in [4.78, 5) is 6.81. The molecular weight excluding hydrogens is 250 g/mol. The summed E-state index contributed by atoms with van der Waals surface area (Å²) in [5.41, 5.74) is 6.79. The number of nitrogens with zero attached hydrogens (tertiary/aromatic N) is 2. The van der Waals surface area contributed by atoms with Crippen molar-refractivity contribution in [2.24, 2.45) is 5.73 Å². The zero-order chi connectivity index (χ0) is 12.1. The van der Waals surface area contributed by atoms with Gasteiger partial charge in [0.2, 0.25) is 0 Å². The molecule has 0 bridgehead atoms. The van der Waals surface area contributed by atoms with Crippen molar-refractivity contribution in [2.45, 2.75) is 31.7 Å².